The van der Waals surface area contributed by atoms with Crippen LogP contribution in [0.1, 0.15) is 19.5 Å². The van der Waals surface area contributed by atoms with Crippen LogP contribution in [0, 0.1) is 12.8 Å². The maximum absolute atomic E-state index is 11.9. The number of anilines is 1. The molecule has 1 aromatic heterocycles. The summed E-state index contributed by atoms with van der Waals surface area (Å²) in [4.78, 5) is 11.9. The van der Waals surface area contributed by atoms with Gasteiger partial charge in [-0.2, -0.15) is 5.10 Å². The molecule has 1 aromatic carbocycles. The molecule has 2 aromatic rings. The molecule has 2 N–H and O–H groups in total. The fourth-order valence-corrected chi connectivity index (χ4v) is 1.83. The highest BCUT2D eigenvalue weighted by molar-refractivity contribution is 5.96. The van der Waals surface area contributed by atoms with Crippen molar-refractivity contribution in [3.63, 3.8) is 0 Å². The normalized spacial score (nSPS) is 10.7. The van der Waals surface area contributed by atoms with Crippen LogP contribution in [0.2, 0.25) is 0 Å². The molecule has 1 amide bonds. The maximum Gasteiger partial charge on any atom is 0.227 e. The van der Waals surface area contributed by atoms with Crippen molar-refractivity contribution in [1.82, 2.24) is 10.2 Å². The van der Waals surface area contributed by atoms with Gasteiger partial charge < -0.3 is 10.1 Å². The van der Waals surface area contributed by atoms with Gasteiger partial charge in [0.15, 0.2) is 0 Å². The van der Waals surface area contributed by atoms with Crippen molar-refractivity contribution in [1.29, 1.82) is 0 Å². The molecule has 1 heterocycles. The predicted octanol–water partition coefficient (Wildman–Crippen LogP) is 2.99. The van der Waals surface area contributed by atoms with Gasteiger partial charge in [-0.3, -0.25) is 9.89 Å². The van der Waals surface area contributed by atoms with Crippen molar-refractivity contribution in [2.24, 2.45) is 5.92 Å². The number of aryl methyl sites for hydroxylation is 1. The van der Waals surface area contributed by atoms with E-state index in [4.69, 9.17) is 4.74 Å². The van der Waals surface area contributed by atoms with Crippen molar-refractivity contribution < 1.29 is 9.53 Å². The number of benzene rings is 1. The monoisotopic (exact) mass is 273 g/mol. The molecule has 20 heavy (non-hydrogen) atoms. The number of amides is 1. The van der Waals surface area contributed by atoms with Gasteiger partial charge in [-0.25, -0.2) is 0 Å². The summed E-state index contributed by atoms with van der Waals surface area (Å²) in [5, 5.41) is 10.1. The van der Waals surface area contributed by atoms with E-state index >= 15 is 0 Å². The smallest absolute Gasteiger partial charge is 0.227 e. The number of methoxy groups -OCH3 is 1. The largest absolute Gasteiger partial charge is 0.497 e. The van der Waals surface area contributed by atoms with Gasteiger partial charge in [0, 0.05) is 11.5 Å². The molecule has 0 spiro atoms. The average Bonchev–Trinajstić information content (AvgIpc) is 2.80. The minimum Gasteiger partial charge on any atom is -0.497 e. The lowest BCUT2D eigenvalue weighted by atomic mass is 10.1. The summed E-state index contributed by atoms with van der Waals surface area (Å²) in [5.41, 5.74) is 3.16. The Kier molecular flexibility index (Phi) is 4.08. The molecule has 0 unspecified atom stereocenters. The highest BCUT2D eigenvalue weighted by Gasteiger charge is 2.16. The second-order valence-electron chi connectivity index (χ2n) is 4.95. The van der Waals surface area contributed by atoms with Crippen molar-refractivity contribution in [3.05, 3.63) is 30.0 Å². The Bertz CT molecular complexity index is 617. The van der Waals surface area contributed by atoms with E-state index in [1.165, 1.54) is 0 Å². The molecule has 5 nitrogen and oxygen atoms in total. The number of ether oxygens (including phenoxy) is 1. The molecule has 106 valence electrons. The van der Waals surface area contributed by atoms with Crippen molar-refractivity contribution in [2.45, 2.75) is 20.8 Å². The topological polar surface area (TPSA) is 67.0 Å². The van der Waals surface area contributed by atoms with E-state index in [0.717, 1.165) is 28.4 Å². The molecular formula is C15H19N3O2. The Balaban J connectivity index is 2.39. The van der Waals surface area contributed by atoms with E-state index in [1.54, 1.807) is 7.11 Å². The number of rotatable bonds is 4. The number of carbonyl (C=O) groups is 1. The molecule has 0 aliphatic carbocycles. The quantitative estimate of drug-likeness (QED) is 0.900. The Morgan fingerprint density at radius 1 is 1.40 bits per heavy atom. The molecular weight excluding hydrogens is 254 g/mol. The van der Waals surface area contributed by atoms with Crippen LogP contribution in [0.5, 0.6) is 5.75 Å². The Morgan fingerprint density at radius 2 is 2.15 bits per heavy atom. The molecule has 0 saturated heterocycles. The lowest BCUT2D eigenvalue weighted by Gasteiger charge is -2.09. The minimum absolute atomic E-state index is 0.0290. The Morgan fingerprint density at radius 3 is 2.80 bits per heavy atom. The number of hydrogen-bond donors (Lipinski definition) is 2. The molecule has 0 aliphatic rings. The van der Waals surface area contributed by atoms with Crippen LogP contribution in [-0.2, 0) is 4.79 Å². The summed E-state index contributed by atoms with van der Waals surface area (Å²) in [6, 6.07) is 7.59. The van der Waals surface area contributed by atoms with Gasteiger partial charge in [-0.15, -0.1) is 0 Å². The highest BCUT2D eigenvalue weighted by atomic mass is 16.5. The second-order valence-corrected chi connectivity index (χ2v) is 4.95. The molecule has 0 saturated carbocycles. The first-order valence-corrected chi connectivity index (χ1v) is 6.53. The Hall–Kier alpha value is -2.30. The fraction of sp³-hybridized carbons (Fsp3) is 0.333. The number of hydrogen-bond acceptors (Lipinski definition) is 3. The molecule has 0 aliphatic heterocycles. The van der Waals surface area contributed by atoms with Gasteiger partial charge in [0.1, 0.15) is 11.4 Å². The van der Waals surface area contributed by atoms with Gasteiger partial charge >= 0.3 is 0 Å². The standard InChI is InChI=1S/C15H19N3O2/c1-9(2)15(19)16-13-10(3)17-18-14(13)11-6-5-7-12(8-11)20-4/h5-9H,1-4H3,(H,16,19)(H,17,18). The van der Waals surface area contributed by atoms with Gasteiger partial charge in [-0.1, -0.05) is 26.0 Å². The third-order valence-corrected chi connectivity index (χ3v) is 3.06. The van der Waals surface area contributed by atoms with Crippen molar-refractivity contribution in [3.8, 4) is 17.0 Å². The van der Waals surface area contributed by atoms with Crippen LogP contribution in [0.25, 0.3) is 11.3 Å². The van der Waals surface area contributed by atoms with Crippen LogP contribution in [-0.4, -0.2) is 23.2 Å². The first-order chi connectivity index (χ1) is 9.52. The number of nitrogens with one attached hydrogen (secondary N) is 2. The number of nitrogens with zero attached hydrogens (tertiary/aromatic N) is 1. The van der Waals surface area contributed by atoms with Crippen LogP contribution in [0.15, 0.2) is 24.3 Å². The third kappa shape index (κ3) is 2.82. The summed E-state index contributed by atoms with van der Waals surface area (Å²) < 4.78 is 5.22. The predicted molar refractivity (Wildman–Crippen MR) is 78.8 cm³/mol. The lowest BCUT2D eigenvalue weighted by molar-refractivity contribution is -0.118. The van der Waals surface area contributed by atoms with Gasteiger partial charge in [0.25, 0.3) is 0 Å². The van der Waals surface area contributed by atoms with E-state index < -0.39 is 0 Å². The van der Waals surface area contributed by atoms with E-state index in [9.17, 15) is 4.79 Å². The number of carbonyl (C=O) groups excluding carboxylic acids is 1. The molecule has 0 radical (unpaired) electrons. The summed E-state index contributed by atoms with van der Waals surface area (Å²) in [7, 11) is 1.62. The van der Waals surface area contributed by atoms with Crippen molar-refractivity contribution in [2.75, 3.05) is 12.4 Å². The van der Waals surface area contributed by atoms with Crippen molar-refractivity contribution >= 4 is 11.6 Å². The van der Waals surface area contributed by atoms with E-state index in [-0.39, 0.29) is 11.8 Å². The number of H-pyrrole nitrogens is 1. The summed E-state index contributed by atoms with van der Waals surface area (Å²) in [5.74, 6) is 0.644. The summed E-state index contributed by atoms with van der Waals surface area (Å²) >= 11 is 0. The zero-order valence-corrected chi connectivity index (χ0v) is 12.2. The second kappa shape index (κ2) is 5.77. The number of aromatic amines is 1. The van der Waals surface area contributed by atoms with E-state index in [1.807, 2.05) is 45.0 Å². The molecule has 2 rings (SSSR count). The zero-order valence-electron chi connectivity index (χ0n) is 12.2. The van der Waals surface area contributed by atoms with Crippen LogP contribution >= 0.6 is 0 Å². The Labute approximate surface area is 118 Å². The van der Waals surface area contributed by atoms with Gasteiger partial charge in [-0.05, 0) is 19.1 Å². The minimum atomic E-state index is -0.0811. The summed E-state index contributed by atoms with van der Waals surface area (Å²) in [6.07, 6.45) is 0. The zero-order chi connectivity index (χ0) is 14.7. The number of aromatic nitrogens is 2. The molecule has 5 heteroatoms. The van der Waals surface area contributed by atoms with Crippen LogP contribution < -0.4 is 10.1 Å². The SMILES string of the molecule is COc1cccc(-c2n[nH]c(C)c2NC(=O)C(C)C)c1. The van der Waals surface area contributed by atoms with Crippen LogP contribution in [0.3, 0.4) is 0 Å². The van der Waals surface area contributed by atoms with E-state index in [0.29, 0.717) is 0 Å². The van der Waals surface area contributed by atoms with Crippen LogP contribution in [0.4, 0.5) is 5.69 Å². The maximum atomic E-state index is 11.9. The molecule has 0 atom stereocenters. The average molecular weight is 273 g/mol. The van der Waals surface area contributed by atoms with Gasteiger partial charge in [0.2, 0.25) is 5.91 Å². The summed E-state index contributed by atoms with van der Waals surface area (Å²) in [6.45, 7) is 5.60. The lowest BCUT2D eigenvalue weighted by Crippen LogP contribution is -2.18. The first kappa shape index (κ1) is 14.1. The molecule has 0 fully saturated rings. The van der Waals surface area contributed by atoms with E-state index in [2.05, 4.69) is 15.5 Å². The molecule has 0 bridgehead atoms. The fourth-order valence-electron chi connectivity index (χ4n) is 1.83. The highest BCUT2D eigenvalue weighted by Crippen LogP contribution is 2.30. The first-order valence-electron chi connectivity index (χ1n) is 6.53. The van der Waals surface area contributed by atoms with Gasteiger partial charge in [0.05, 0.1) is 18.5 Å². The third-order valence-electron chi connectivity index (χ3n) is 3.06.